The summed E-state index contributed by atoms with van der Waals surface area (Å²) in [5.41, 5.74) is 4.31. The number of hydrogen-bond acceptors (Lipinski definition) is 4. The number of benzene rings is 2. The predicted molar refractivity (Wildman–Crippen MR) is 107 cm³/mol. The number of furan rings is 1. The van der Waals surface area contributed by atoms with Gasteiger partial charge in [-0.25, -0.2) is 5.01 Å². The molecule has 4 aromatic rings. The lowest BCUT2D eigenvalue weighted by Gasteiger charge is -2.22. The molecule has 2 aromatic heterocycles. The van der Waals surface area contributed by atoms with Gasteiger partial charge in [-0.05, 0) is 48.9 Å². The Hall–Kier alpha value is -4.13. The van der Waals surface area contributed by atoms with Crippen LogP contribution in [0.2, 0.25) is 0 Å². The van der Waals surface area contributed by atoms with E-state index in [0.29, 0.717) is 11.2 Å². The lowest BCUT2D eigenvalue weighted by molar-refractivity contribution is -0.117. The molecule has 0 unspecified atom stereocenters. The molecular weight excluding hydrogens is 370 g/mol. The molecule has 0 saturated carbocycles. The third-order valence-corrected chi connectivity index (χ3v) is 4.42. The van der Waals surface area contributed by atoms with Gasteiger partial charge in [0.2, 0.25) is 0 Å². The molecule has 7 nitrogen and oxygen atoms in total. The molecule has 1 N–H and O–H groups in total. The van der Waals surface area contributed by atoms with Crippen LogP contribution in [0.25, 0.3) is 10.9 Å². The van der Waals surface area contributed by atoms with Gasteiger partial charge in [-0.1, -0.05) is 30.3 Å². The first-order valence-electron chi connectivity index (χ1n) is 8.90. The van der Waals surface area contributed by atoms with Crippen molar-refractivity contribution in [3.63, 3.8) is 0 Å². The number of para-hydroxylation sites is 1. The van der Waals surface area contributed by atoms with Crippen LogP contribution in [0.5, 0.6) is 0 Å². The molecule has 0 aliphatic rings. The van der Waals surface area contributed by atoms with Gasteiger partial charge in [-0.3, -0.25) is 24.4 Å². The maximum atomic E-state index is 12.9. The summed E-state index contributed by atoms with van der Waals surface area (Å²) in [5, 5.41) is 1.84. The second-order valence-electron chi connectivity index (χ2n) is 6.45. The van der Waals surface area contributed by atoms with E-state index in [-0.39, 0.29) is 5.76 Å². The van der Waals surface area contributed by atoms with Gasteiger partial charge in [0.05, 0.1) is 17.5 Å². The number of aryl methyl sites for hydroxylation is 1. The minimum Gasteiger partial charge on any atom is -0.459 e. The van der Waals surface area contributed by atoms with Crippen molar-refractivity contribution in [3.8, 4) is 0 Å². The smallest absolute Gasteiger partial charge is 0.329 e. The SMILES string of the molecule is Cc1cccc(N(NC(=O)C(=O)n2ccc3ccccc32)C(=O)c2ccco2)c1. The summed E-state index contributed by atoms with van der Waals surface area (Å²) in [6.45, 7) is 1.86. The Morgan fingerprint density at radius 1 is 0.966 bits per heavy atom. The van der Waals surface area contributed by atoms with Gasteiger partial charge in [0.15, 0.2) is 5.76 Å². The zero-order valence-electron chi connectivity index (χ0n) is 15.5. The Labute approximate surface area is 166 Å². The van der Waals surface area contributed by atoms with Gasteiger partial charge in [0, 0.05) is 11.6 Å². The Morgan fingerprint density at radius 3 is 2.55 bits per heavy atom. The van der Waals surface area contributed by atoms with Gasteiger partial charge >= 0.3 is 17.7 Å². The lowest BCUT2D eigenvalue weighted by Crippen LogP contribution is -2.50. The third-order valence-electron chi connectivity index (χ3n) is 4.42. The zero-order valence-corrected chi connectivity index (χ0v) is 15.5. The number of rotatable bonds is 2. The first-order valence-corrected chi connectivity index (χ1v) is 8.90. The van der Waals surface area contributed by atoms with Crippen molar-refractivity contribution in [1.82, 2.24) is 9.99 Å². The number of nitrogens with one attached hydrogen (secondary N) is 1. The van der Waals surface area contributed by atoms with Crippen molar-refractivity contribution in [1.29, 1.82) is 0 Å². The normalized spacial score (nSPS) is 10.7. The van der Waals surface area contributed by atoms with E-state index in [0.717, 1.165) is 16.0 Å². The highest BCUT2D eigenvalue weighted by Crippen LogP contribution is 2.18. The van der Waals surface area contributed by atoms with Crippen LogP contribution < -0.4 is 10.4 Å². The Morgan fingerprint density at radius 2 is 1.79 bits per heavy atom. The van der Waals surface area contributed by atoms with Gasteiger partial charge in [0.25, 0.3) is 0 Å². The van der Waals surface area contributed by atoms with Crippen LogP contribution in [0.1, 0.15) is 20.9 Å². The van der Waals surface area contributed by atoms with Gasteiger partial charge < -0.3 is 4.42 Å². The fourth-order valence-electron chi connectivity index (χ4n) is 3.03. The predicted octanol–water partition coefficient (Wildman–Crippen LogP) is 3.56. The minimum absolute atomic E-state index is 0.0330. The van der Waals surface area contributed by atoms with E-state index >= 15 is 0 Å². The number of hydrazine groups is 1. The van der Waals surface area contributed by atoms with Gasteiger partial charge in [-0.15, -0.1) is 0 Å². The van der Waals surface area contributed by atoms with Crippen LogP contribution in [0.4, 0.5) is 5.69 Å². The van der Waals surface area contributed by atoms with Crippen LogP contribution >= 0.6 is 0 Å². The van der Waals surface area contributed by atoms with E-state index in [4.69, 9.17) is 4.42 Å². The van der Waals surface area contributed by atoms with Crippen molar-refractivity contribution < 1.29 is 18.8 Å². The van der Waals surface area contributed by atoms with E-state index in [9.17, 15) is 14.4 Å². The maximum absolute atomic E-state index is 12.9. The number of anilines is 1. The summed E-state index contributed by atoms with van der Waals surface area (Å²) in [5.74, 6) is -2.33. The van der Waals surface area contributed by atoms with Crippen LogP contribution in [0.3, 0.4) is 0 Å². The lowest BCUT2D eigenvalue weighted by atomic mass is 10.2. The number of amides is 2. The molecule has 2 heterocycles. The summed E-state index contributed by atoms with van der Waals surface area (Å²) < 4.78 is 6.41. The number of nitrogens with zero attached hydrogens (tertiary/aromatic N) is 2. The molecule has 0 radical (unpaired) electrons. The number of carbonyl (C=O) groups excluding carboxylic acids is 3. The monoisotopic (exact) mass is 387 g/mol. The number of carbonyl (C=O) groups is 3. The van der Waals surface area contributed by atoms with Crippen molar-refractivity contribution in [2.45, 2.75) is 6.92 Å². The molecule has 0 aliphatic heterocycles. The molecule has 7 heteroatoms. The molecule has 0 saturated heterocycles. The second-order valence-corrected chi connectivity index (χ2v) is 6.45. The Bertz CT molecular complexity index is 1210. The number of hydrogen-bond donors (Lipinski definition) is 1. The van der Waals surface area contributed by atoms with E-state index in [1.807, 2.05) is 25.1 Å². The molecule has 2 amide bonds. The molecule has 2 aromatic carbocycles. The van der Waals surface area contributed by atoms with Crippen LogP contribution in [0.15, 0.2) is 83.6 Å². The van der Waals surface area contributed by atoms with Crippen molar-refractivity contribution in [3.05, 3.63) is 90.5 Å². The molecule has 0 aliphatic carbocycles. The number of fused-ring (bicyclic) bond motifs is 1. The minimum atomic E-state index is -0.951. The summed E-state index contributed by atoms with van der Waals surface area (Å²) in [4.78, 5) is 38.3. The van der Waals surface area contributed by atoms with Gasteiger partial charge in [0.1, 0.15) is 0 Å². The van der Waals surface area contributed by atoms with E-state index in [2.05, 4.69) is 5.43 Å². The van der Waals surface area contributed by atoms with E-state index in [1.165, 1.54) is 23.1 Å². The quantitative estimate of drug-likeness (QED) is 0.421. The molecule has 0 atom stereocenters. The highest BCUT2D eigenvalue weighted by atomic mass is 16.3. The fourth-order valence-corrected chi connectivity index (χ4v) is 3.03. The van der Waals surface area contributed by atoms with Crippen LogP contribution in [-0.4, -0.2) is 22.3 Å². The summed E-state index contributed by atoms with van der Waals surface area (Å²) in [6, 6.07) is 19.0. The molecule has 4 rings (SSSR count). The molecular formula is C22H17N3O4. The van der Waals surface area contributed by atoms with Crippen molar-refractivity contribution in [2.75, 3.05) is 5.01 Å². The molecule has 29 heavy (non-hydrogen) atoms. The summed E-state index contributed by atoms with van der Waals surface area (Å²) in [7, 11) is 0. The highest BCUT2D eigenvalue weighted by Gasteiger charge is 2.26. The Balaban J connectivity index is 1.65. The molecule has 0 bridgehead atoms. The first-order chi connectivity index (χ1) is 14.0. The standard InChI is InChI=1S/C22H17N3O4/c1-15-6-4-8-17(14-15)25(21(27)19-10-5-13-29-19)23-20(26)22(28)24-12-11-16-7-2-3-9-18(16)24/h2-14H,1H3,(H,23,26). The van der Waals surface area contributed by atoms with E-state index < -0.39 is 17.7 Å². The second kappa shape index (κ2) is 7.47. The van der Waals surface area contributed by atoms with E-state index in [1.54, 1.807) is 42.5 Å². The average molecular weight is 387 g/mol. The fraction of sp³-hybridized carbons (Fsp3) is 0.0455. The largest absolute Gasteiger partial charge is 0.459 e. The van der Waals surface area contributed by atoms with Crippen molar-refractivity contribution in [2.24, 2.45) is 0 Å². The maximum Gasteiger partial charge on any atom is 0.329 e. The Kier molecular flexibility index (Phi) is 4.70. The zero-order chi connectivity index (χ0) is 20.4. The van der Waals surface area contributed by atoms with Crippen LogP contribution in [-0.2, 0) is 4.79 Å². The molecule has 144 valence electrons. The third kappa shape index (κ3) is 3.53. The van der Waals surface area contributed by atoms with Crippen LogP contribution in [0, 0.1) is 6.92 Å². The summed E-state index contributed by atoms with van der Waals surface area (Å²) in [6.07, 6.45) is 2.89. The molecule has 0 fully saturated rings. The summed E-state index contributed by atoms with van der Waals surface area (Å²) >= 11 is 0. The first kappa shape index (κ1) is 18.2. The van der Waals surface area contributed by atoms with Gasteiger partial charge in [-0.2, -0.15) is 0 Å². The molecule has 0 spiro atoms. The highest BCUT2D eigenvalue weighted by molar-refractivity contribution is 6.38. The van der Waals surface area contributed by atoms with Crippen molar-refractivity contribution >= 4 is 34.3 Å². The topological polar surface area (TPSA) is 84.5 Å². The average Bonchev–Trinajstić information content (AvgIpc) is 3.41. The number of aromatic nitrogens is 1.